The van der Waals surface area contributed by atoms with E-state index in [4.69, 9.17) is 9.47 Å². The molecule has 6 nitrogen and oxygen atoms in total. The van der Waals surface area contributed by atoms with Crippen molar-refractivity contribution in [3.63, 3.8) is 0 Å². The quantitative estimate of drug-likeness (QED) is 0.518. The number of carbonyl (C=O) groups excluding carboxylic acids is 1. The molecule has 3 rings (SSSR count). The van der Waals surface area contributed by atoms with E-state index in [1.54, 1.807) is 4.90 Å². The Morgan fingerprint density at radius 3 is 2.66 bits per heavy atom. The summed E-state index contributed by atoms with van der Waals surface area (Å²) in [6.07, 6.45) is 2.92. The third kappa shape index (κ3) is 6.11. The minimum absolute atomic E-state index is 0.000807. The molecule has 0 N–H and O–H groups in total. The first kappa shape index (κ1) is 23.8. The van der Waals surface area contributed by atoms with Crippen LogP contribution in [0, 0.1) is 5.82 Å². The van der Waals surface area contributed by atoms with Crippen molar-refractivity contribution in [2.75, 3.05) is 24.6 Å². The molecule has 2 atom stereocenters. The Bertz CT molecular complexity index is 919. The molecule has 2 heterocycles. The molecule has 0 spiro atoms. The lowest BCUT2D eigenvalue weighted by molar-refractivity contribution is -0.120. The third-order valence-corrected chi connectivity index (χ3v) is 5.31. The van der Waals surface area contributed by atoms with Crippen molar-refractivity contribution in [1.29, 1.82) is 0 Å². The second-order valence-corrected chi connectivity index (χ2v) is 8.16. The molecule has 1 aromatic carbocycles. The molecule has 1 saturated heterocycles. The molecule has 1 aliphatic heterocycles. The lowest BCUT2D eigenvalue weighted by Gasteiger charge is -2.20. The predicted molar refractivity (Wildman–Crippen MR) is 114 cm³/mol. The Morgan fingerprint density at radius 2 is 2.00 bits per heavy atom. The van der Waals surface area contributed by atoms with Crippen LogP contribution < -0.4 is 14.4 Å². The zero-order valence-corrected chi connectivity index (χ0v) is 18.5. The number of Topliss-reactive ketones (excluding diaryl/α,β-unsaturated/α-hetero) is 1. The summed E-state index contributed by atoms with van der Waals surface area (Å²) >= 11 is 0. The number of ether oxygens (including phenoxy) is 2. The molecule has 174 valence electrons. The van der Waals surface area contributed by atoms with Gasteiger partial charge in [0.1, 0.15) is 24.0 Å². The maximum absolute atomic E-state index is 14.7. The maximum Gasteiger partial charge on any atom is 0.278 e. The fraction of sp³-hybridized carbons (Fsp3) is 0.522. The van der Waals surface area contributed by atoms with Gasteiger partial charge in [0.15, 0.2) is 12.4 Å². The van der Waals surface area contributed by atoms with E-state index in [1.165, 1.54) is 0 Å². The first-order chi connectivity index (χ1) is 15.2. The number of hydrogen-bond acceptors (Lipinski definition) is 6. The van der Waals surface area contributed by atoms with E-state index >= 15 is 0 Å². The molecule has 2 aromatic rings. The molecule has 0 amide bonds. The maximum atomic E-state index is 14.7. The summed E-state index contributed by atoms with van der Waals surface area (Å²) in [5, 5.41) is 0. The molecule has 9 heteroatoms. The molecule has 1 fully saturated rings. The Hall–Kier alpha value is -2.84. The average Bonchev–Trinajstić information content (AvgIpc) is 3.21. The van der Waals surface area contributed by atoms with Crippen LogP contribution in [0.4, 0.5) is 19.0 Å². The SMILES string of the molecule is CCCC(=O)C(C)c1ccc(OC2CCN(c3ncnc(OCC(C)(F)F)c3F)C2)cc1. The van der Waals surface area contributed by atoms with Crippen LogP contribution >= 0.6 is 0 Å². The van der Waals surface area contributed by atoms with Gasteiger partial charge in [-0.2, -0.15) is 9.37 Å². The largest absolute Gasteiger partial charge is 0.489 e. The molecular formula is C23H28F3N3O3. The van der Waals surface area contributed by atoms with Crippen LogP contribution in [0.2, 0.25) is 0 Å². The Labute approximate surface area is 185 Å². The summed E-state index contributed by atoms with van der Waals surface area (Å²) in [6.45, 7) is 4.47. The Morgan fingerprint density at radius 1 is 1.28 bits per heavy atom. The number of benzene rings is 1. The van der Waals surface area contributed by atoms with Crippen LogP contribution in [0.5, 0.6) is 11.6 Å². The molecule has 1 aromatic heterocycles. The molecule has 2 unspecified atom stereocenters. The Balaban J connectivity index is 1.60. The molecule has 0 radical (unpaired) electrons. The number of alkyl halides is 2. The molecule has 32 heavy (non-hydrogen) atoms. The number of anilines is 1. The highest BCUT2D eigenvalue weighted by atomic mass is 19.3. The molecule has 1 aliphatic rings. The van der Waals surface area contributed by atoms with Crippen LogP contribution in [-0.2, 0) is 4.79 Å². The number of hydrogen-bond donors (Lipinski definition) is 0. The summed E-state index contributed by atoms with van der Waals surface area (Å²) in [5.74, 6) is -3.75. The van der Waals surface area contributed by atoms with Gasteiger partial charge in [-0.25, -0.2) is 13.8 Å². The molecule has 0 saturated carbocycles. The van der Waals surface area contributed by atoms with Crippen molar-refractivity contribution in [2.45, 2.75) is 58.0 Å². The normalized spacial score (nSPS) is 17.3. The molecule has 0 bridgehead atoms. The monoisotopic (exact) mass is 451 g/mol. The summed E-state index contributed by atoms with van der Waals surface area (Å²) < 4.78 is 51.5. The van der Waals surface area contributed by atoms with E-state index in [-0.39, 0.29) is 23.6 Å². The van der Waals surface area contributed by atoms with Crippen molar-refractivity contribution in [3.8, 4) is 11.6 Å². The fourth-order valence-electron chi connectivity index (χ4n) is 3.55. The van der Waals surface area contributed by atoms with E-state index in [1.807, 2.05) is 38.1 Å². The molecule has 0 aliphatic carbocycles. The number of rotatable bonds is 10. The van der Waals surface area contributed by atoms with Crippen molar-refractivity contribution >= 4 is 11.6 Å². The lowest BCUT2D eigenvalue weighted by atomic mass is 9.94. The summed E-state index contributed by atoms with van der Waals surface area (Å²) in [5.41, 5.74) is 0.942. The van der Waals surface area contributed by atoms with Crippen LogP contribution in [0.3, 0.4) is 0 Å². The van der Waals surface area contributed by atoms with Crippen molar-refractivity contribution in [2.24, 2.45) is 0 Å². The zero-order chi connectivity index (χ0) is 23.3. The highest BCUT2D eigenvalue weighted by molar-refractivity contribution is 5.85. The van der Waals surface area contributed by atoms with Gasteiger partial charge in [0.2, 0.25) is 5.82 Å². The number of aromatic nitrogens is 2. The van der Waals surface area contributed by atoms with Gasteiger partial charge in [0, 0.05) is 32.2 Å². The van der Waals surface area contributed by atoms with Crippen LogP contribution in [0.25, 0.3) is 0 Å². The van der Waals surface area contributed by atoms with E-state index in [0.29, 0.717) is 38.6 Å². The number of nitrogens with zero attached hydrogens (tertiary/aromatic N) is 3. The second kappa shape index (κ2) is 10.2. The van der Waals surface area contributed by atoms with E-state index in [2.05, 4.69) is 9.97 Å². The number of ketones is 1. The highest BCUT2D eigenvalue weighted by Crippen LogP contribution is 2.29. The first-order valence-electron chi connectivity index (χ1n) is 10.7. The second-order valence-electron chi connectivity index (χ2n) is 8.16. The van der Waals surface area contributed by atoms with Crippen molar-refractivity contribution in [3.05, 3.63) is 42.0 Å². The van der Waals surface area contributed by atoms with Gasteiger partial charge < -0.3 is 14.4 Å². The van der Waals surface area contributed by atoms with Crippen LogP contribution in [-0.4, -0.2) is 47.5 Å². The topological polar surface area (TPSA) is 64.5 Å². The van der Waals surface area contributed by atoms with E-state index in [9.17, 15) is 18.0 Å². The minimum atomic E-state index is -3.10. The van der Waals surface area contributed by atoms with Gasteiger partial charge in [-0.05, 0) is 24.1 Å². The van der Waals surface area contributed by atoms with Crippen LogP contribution in [0.1, 0.15) is 51.5 Å². The lowest BCUT2D eigenvalue weighted by Crippen LogP contribution is -2.27. The van der Waals surface area contributed by atoms with Gasteiger partial charge in [0.25, 0.3) is 11.8 Å². The van der Waals surface area contributed by atoms with Gasteiger partial charge >= 0.3 is 0 Å². The highest BCUT2D eigenvalue weighted by Gasteiger charge is 2.30. The predicted octanol–water partition coefficient (Wildman–Crippen LogP) is 4.78. The van der Waals surface area contributed by atoms with E-state index in [0.717, 1.165) is 18.3 Å². The standard InChI is InChI=1S/C23H28F3N3O3/c1-4-5-19(30)15(2)16-6-8-17(9-7-16)32-18-10-11-29(12-18)21-20(24)22(28-14-27-21)31-13-23(3,25)26/h6-9,14-15,18H,4-5,10-13H2,1-3H3. The number of carbonyl (C=O) groups is 1. The molecular weight excluding hydrogens is 423 g/mol. The summed E-state index contributed by atoms with van der Waals surface area (Å²) in [4.78, 5) is 21.4. The zero-order valence-electron chi connectivity index (χ0n) is 18.5. The van der Waals surface area contributed by atoms with Gasteiger partial charge in [-0.15, -0.1) is 0 Å². The Kier molecular flexibility index (Phi) is 7.58. The third-order valence-electron chi connectivity index (χ3n) is 5.31. The van der Waals surface area contributed by atoms with Gasteiger partial charge in [-0.3, -0.25) is 4.79 Å². The van der Waals surface area contributed by atoms with E-state index < -0.39 is 24.2 Å². The van der Waals surface area contributed by atoms with Gasteiger partial charge in [-0.1, -0.05) is 26.0 Å². The summed E-state index contributed by atoms with van der Waals surface area (Å²) in [6, 6.07) is 7.43. The van der Waals surface area contributed by atoms with Gasteiger partial charge in [0.05, 0.1) is 6.54 Å². The first-order valence-corrected chi connectivity index (χ1v) is 10.7. The van der Waals surface area contributed by atoms with Crippen molar-refractivity contribution in [1.82, 2.24) is 9.97 Å². The fourth-order valence-corrected chi connectivity index (χ4v) is 3.55. The number of halogens is 3. The minimum Gasteiger partial charge on any atom is -0.489 e. The summed E-state index contributed by atoms with van der Waals surface area (Å²) in [7, 11) is 0. The average molecular weight is 451 g/mol. The van der Waals surface area contributed by atoms with Crippen LogP contribution in [0.15, 0.2) is 30.6 Å². The smallest absolute Gasteiger partial charge is 0.278 e. The van der Waals surface area contributed by atoms with Crippen molar-refractivity contribution < 1.29 is 27.4 Å².